The number of carboxylic acids is 1. The van der Waals surface area contributed by atoms with Gasteiger partial charge in [-0.15, -0.1) is 0 Å². The highest BCUT2D eigenvalue weighted by atomic mass is 19.3. The molecule has 4 nitrogen and oxygen atoms in total. The van der Waals surface area contributed by atoms with Crippen LogP contribution in [0.25, 0.3) is 0 Å². The van der Waals surface area contributed by atoms with E-state index in [9.17, 15) is 18.4 Å². The fourth-order valence-corrected chi connectivity index (χ4v) is 3.01. The Balaban J connectivity index is 1.93. The van der Waals surface area contributed by atoms with Crippen molar-refractivity contribution in [2.45, 2.75) is 38.5 Å². The third-order valence-electron chi connectivity index (χ3n) is 4.31. The lowest BCUT2D eigenvalue weighted by molar-refractivity contribution is -0.142. The maximum absolute atomic E-state index is 13.0. The first-order valence-corrected chi connectivity index (χ1v) is 6.69. The maximum Gasteiger partial charge on any atom is 0.308 e. The molecule has 2 atom stereocenters. The zero-order valence-corrected chi connectivity index (χ0v) is 10.9. The number of hydrogen-bond acceptors (Lipinski definition) is 2. The number of carboxylic acid groups (broad SMARTS) is 1. The van der Waals surface area contributed by atoms with Gasteiger partial charge in [0.05, 0.1) is 5.92 Å². The van der Waals surface area contributed by atoms with Crippen molar-refractivity contribution in [3.8, 4) is 0 Å². The average molecular weight is 275 g/mol. The smallest absolute Gasteiger partial charge is 0.308 e. The van der Waals surface area contributed by atoms with E-state index >= 15 is 0 Å². The van der Waals surface area contributed by atoms with Gasteiger partial charge in [-0.1, -0.05) is 6.92 Å². The molecule has 1 amide bonds. The molecule has 1 aliphatic carbocycles. The van der Waals surface area contributed by atoms with Crippen LogP contribution in [-0.2, 0) is 9.59 Å². The molecule has 6 heteroatoms. The van der Waals surface area contributed by atoms with E-state index in [4.69, 9.17) is 5.11 Å². The molecule has 0 bridgehead atoms. The van der Waals surface area contributed by atoms with E-state index in [1.165, 1.54) is 4.90 Å². The lowest BCUT2D eigenvalue weighted by Gasteiger charge is -2.30. The number of alkyl halides is 2. The van der Waals surface area contributed by atoms with E-state index in [0.717, 1.165) is 0 Å². The lowest BCUT2D eigenvalue weighted by atomic mass is 9.86. The van der Waals surface area contributed by atoms with E-state index in [-0.39, 0.29) is 50.0 Å². The monoisotopic (exact) mass is 275 g/mol. The second-order valence-corrected chi connectivity index (χ2v) is 5.80. The topological polar surface area (TPSA) is 57.6 Å². The number of carbonyl (C=O) groups is 2. The zero-order valence-electron chi connectivity index (χ0n) is 10.9. The second kappa shape index (κ2) is 5.06. The van der Waals surface area contributed by atoms with Gasteiger partial charge in [-0.25, -0.2) is 8.78 Å². The average Bonchev–Trinajstić information content (AvgIpc) is 2.70. The van der Waals surface area contributed by atoms with E-state index in [1.54, 1.807) is 6.92 Å². The van der Waals surface area contributed by atoms with Gasteiger partial charge in [-0.05, 0) is 18.8 Å². The Morgan fingerprint density at radius 1 is 1.21 bits per heavy atom. The minimum Gasteiger partial charge on any atom is -0.481 e. The fraction of sp³-hybridized carbons (Fsp3) is 0.846. The molecule has 19 heavy (non-hydrogen) atoms. The normalized spacial score (nSPS) is 31.4. The summed E-state index contributed by atoms with van der Waals surface area (Å²) in [5, 5.41) is 9.03. The minimum absolute atomic E-state index is 0.0773. The van der Waals surface area contributed by atoms with Crippen LogP contribution in [-0.4, -0.2) is 40.9 Å². The number of carbonyl (C=O) groups excluding carboxylic acids is 1. The van der Waals surface area contributed by atoms with Crippen LogP contribution in [0.2, 0.25) is 0 Å². The quantitative estimate of drug-likeness (QED) is 0.838. The third-order valence-corrected chi connectivity index (χ3v) is 4.31. The molecule has 0 aromatic heterocycles. The predicted molar refractivity (Wildman–Crippen MR) is 63.8 cm³/mol. The molecule has 1 N–H and O–H groups in total. The molecule has 0 aromatic carbocycles. The molecule has 1 heterocycles. The molecule has 108 valence electrons. The maximum atomic E-state index is 13.0. The van der Waals surface area contributed by atoms with Crippen molar-refractivity contribution in [2.24, 2.45) is 17.8 Å². The molecule has 0 radical (unpaired) electrons. The van der Waals surface area contributed by atoms with Gasteiger partial charge >= 0.3 is 5.97 Å². The van der Waals surface area contributed by atoms with Gasteiger partial charge in [0, 0.05) is 31.8 Å². The van der Waals surface area contributed by atoms with Crippen LogP contribution in [0, 0.1) is 17.8 Å². The molecular weight excluding hydrogens is 256 g/mol. The number of amides is 1. The molecule has 2 aliphatic rings. The molecular formula is C13H19F2NO3. The van der Waals surface area contributed by atoms with Crippen LogP contribution < -0.4 is 0 Å². The van der Waals surface area contributed by atoms with Gasteiger partial charge in [0.1, 0.15) is 0 Å². The lowest BCUT2D eigenvalue weighted by Crippen LogP contribution is -2.38. The Labute approximate surface area is 110 Å². The highest BCUT2D eigenvalue weighted by Gasteiger charge is 2.42. The van der Waals surface area contributed by atoms with Crippen LogP contribution in [0.1, 0.15) is 32.6 Å². The molecule has 1 saturated carbocycles. The van der Waals surface area contributed by atoms with Crippen LogP contribution in [0.4, 0.5) is 8.78 Å². The highest BCUT2D eigenvalue weighted by molar-refractivity contribution is 5.81. The van der Waals surface area contributed by atoms with Crippen LogP contribution >= 0.6 is 0 Å². The molecule has 0 unspecified atom stereocenters. The first-order chi connectivity index (χ1) is 8.80. The Bertz CT molecular complexity index is 376. The molecule has 0 aromatic rings. The molecule has 2 rings (SSSR count). The van der Waals surface area contributed by atoms with Crippen molar-refractivity contribution >= 4 is 11.9 Å². The SMILES string of the molecule is C[C@@H]1CN(C(=O)C2CCC(F)(F)CC2)C[C@H]1C(=O)O. The highest BCUT2D eigenvalue weighted by Crippen LogP contribution is 2.37. The summed E-state index contributed by atoms with van der Waals surface area (Å²) in [6, 6.07) is 0. The summed E-state index contributed by atoms with van der Waals surface area (Å²) in [5.41, 5.74) is 0. The van der Waals surface area contributed by atoms with Crippen molar-refractivity contribution in [3.63, 3.8) is 0 Å². The Kier molecular flexibility index (Phi) is 3.78. The number of rotatable bonds is 2. The molecule has 2 fully saturated rings. The number of likely N-dealkylation sites (tertiary alicyclic amines) is 1. The summed E-state index contributed by atoms with van der Waals surface area (Å²) in [5.74, 6) is -4.65. The van der Waals surface area contributed by atoms with Crippen LogP contribution in [0.5, 0.6) is 0 Å². The van der Waals surface area contributed by atoms with Gasteiger partial charge in [0.25, 0.3) is 0 Å². The van der Waals surface area contributed by atoms with Crippen molar-refractivity contribution in [3.05, 3.63) is 0 Å². The molecule has 1 saturated heterocycles. The summed E-state index contributed by atoms with van der Waals surface area (Å²) in [4.78, 5) is 24.8. The van der Waals surface area contributed by atoms with Gasteiger partial charge in [0.2, 0.25) is 11.8 Å². The Hall–Kier alpha value is -1.20. The minimum atomic E-state index is -2.64. The standard InChI is InChI=1S/C13H19F2NO3/c1-8-6-16(7-10(8)12(18)19)11(17)9-2-4-13(14,15)5-3-9/h8-10H,2-7H2,1H3,(H,18,19)/t8-,10-/m1/s1. The summed E-state index contributed by atoms with van der Waals surface area (Å²) in [6.45, 7) is 2.44. The number of aliphatic carboxylic acids is 1. The molecule has 0 spiro atoms. The van der Waals surface area contributed by atoms with Gasteiger partial charge in [0.15, 0.2) is 0 Å². The van der Waals surface area contributed by atoms with E-state index in [2.05, 4.69) is 0 Å². The van der Waals surface area contributed by atoms with Crippen LogP contribution in [0.3, 0.4) is 0 Å². The predicted octanol–water partition coefficient (Wildman–Crippen LogP) is 1.99. The van der Waals surface area contributed by atoms with E-state index in [0.29, 0.717) is 6.54 Å². The first kappa shape index (κ1) is 14.2. The second-order valence-electron chi connectivity index (χ2n) is 5.80. The fourth-order valence-electron chi connectivity index (χ4n) is 3.01. The summed E-state index contributed by atoms with van der Waals surface area (Å²) in [7, 11) is 0. The molecule has 1 aliphatic heterocycles. The third kappa shape index (κ3) is 3.04. The van der Waals surface area contributed by atoms with Crippen molar-refractivity contribution in [1.82, 2.24) is 4.90 Å². The summed E-state index contributed by atoms with van der Waals surface area (Å²) < 4.78 is 26.1. The van der Waals surface area contributed by atoms with Crippen molar-refractivity contribution in [1.29, 1.82) is 0 Å². The zero-order chi connectivity index (χ0) is 14.2. The van der Waals surface area contributed by atoms with E-state index in [1.807, 2.05) is 0 Å². The Morgan fingerprint density at radius 3 is 2.26 bits per heavy atom. The number of halogens is 2. The van der Waals surface area contributed by atoms with Crippen LogP contribution in [0.15, 0.2) is 0 Å². The van der Waals surface area contributed by atoms with Gasteiger partial charge < -0.3 is 10.0 Å². The summed E-state index contributed by atoms with van der Waals surface area (Å²) in [6.07, 6.45) is -0.0762. The largest absolute Gasteiger partial charge is 0.481 e. The number of hydrogen-bond donors (Lipinski definition) is 1. The van der Waals surface area contributed by atoms with Crippen molar-refractivity contribution < 1.29 is 23.5 Å². The summed E-state index contributed by atoms with van der Waals surface area (Å²) >= 11 is 0. The first-order valence-electron chi connectivity index (χ1n) is 6.69. The van der Waals surface area contributed by atoms with Crippen molar-refractivity contribution in [2.75, 3.05) is 13.1 Å². The number of nitrogens with zero attached hydrogens (tertiary/aromatic N) is 1. The Morgan fingerprint density at radius 2 is 1.79 bits per heavy atom. The van der Waals surface area contributed by atoms with Gasteiger partial charge in [-0.3, -0.25) is 9.59 Å². The van der Waals surface area contributed by atoms with Gasteiger partial charge in [-0.2, -0.15) is 0 Å². The van der Waals surface area contributed by atoms with E-state index < -0.39 is 17.8 Å².